The maximum atomic E-state index is 11.7. The molecule has 1 aliphatic rings. The largest absolute Gasteiger partial charge is 0.493 e. The average molecular weight is 450 g/mol. The summed E-state index contributed by atoms with van der Waals surface area (Å²) >= 11 is 0. The van der Waals surface area contributed by atoms with Crippen LogP contribution in [0, 0.1) is 0 Å². The van der Waals surface area contributed by atoms with E-state index in [1.807, 2.05) is 54.6 Å². The smallest absolute Gasteiger partial charge is 0.175 e. The van der Waals surface area contributed by atoms with Crippen molar-refractivity contribution in [1.82, 2.24) is 5.32 Å². The summed E-state index contributed by atoms with van der Waals surface area (Å²) in [6.45, 7) is 1.35. The third-order valence-electron chi connectivity index (χ3n) is 5.55. The predicted molar refractivity (Wildman–Crippen MR) is 127 cm³/mol. The quantitative estimate of drug-likeness (QED) is 0.572. The van der Waals surface area contributed by atoms with Gasteiger partial charge in [0.15, 0.2) is 21.3 Å². The number of nitrogens with one attached hydrogen (secondary N) is 1. The van der Waals surface area contributed by atoms with Gasteiger partial charge >= 0.3 is 0 Å². The van der Waals surface area contributed by atoms with Crippen molar-refractivity contribution >= 4 is 15.9 Å². The van der Waals surface area contributed by atoms with Crippen LogP contribution in [0.25, 0.3) is 6.08 Å². The Morgan fingerprint density at radius 2 is 1.78 bits per heavy atom. The molecule has 0 aliphatic carbocycles. The van der Waals surface area contributed by atoms with E-state index in [1.165, 1.54) is 11.8 Å². The van der Waals surface area contributed by atoms with E-state index >= 15 is 0 Å². The summed E-state index contributed by atoms with van der Waals surface area (Å²) in [4.78, 5) is 0.323. The second-order valence-corrected chi connectivity index (χ2v) is 9.87. The molecule has 1 N–H and O–H groups in total. The van der Waals surface area contributed by atoms with Gasteiger partial charge in [-0.05, 0) is 52.9 Å². The molecule has 0 radical (unpaired) electrons. The molecular formula is C26H27NO4S. The molecule has 1 unspecified atom stereocenters. The van der Waals surface area contributed by atoms with E-state index in [-0.39, 0.29) is 6.04 Å². The van der Waals surface area contributed by atoms with Gasteiger partial charge in [0.2, 0.25) is 0 Å². The van der Waals surface area contributed by atoms with Crippen molar-refractivity contribution in [2.24, 2.45) is 0 Å². The summed E-state index contributed by atoms with van der Waals surface area (Å²) < 4.78 is 35.0. The Balaban J connectivity index is 1.54. The molecule has 166 valence electrons. The summed E-state index contributed by atoms with van der Waals surface area (Å²) in [5, 5.41) is 3.53. The number of methoxy groups -OCH3 is 1. The van der Waals surface area contributed by atoms with Crippen molar-refractivity contribution in [3.63, 3.8) is 0 Å². The molecule has 0 saturated carbocycles. The Morgan fingerprint density at radius 1 is 1.03 bits per heavy atom. The van der Waals surface area contributed by atoms with Crippen molar-refractivity contribution in [3.8, 4) is 11.5 Å². The highest BCUT2D eigenvalue weighted by Crippen LogP contribution is 2.36. The van der Waals surface area contributed by atoms with Gasteiger partial charge in [-0.2, -0.15) is 0 Å². The van der Waals surface area contributed by atoms with Gasteiger partial charge in [-0.15, -0.1) is 0 Å². The van der Waals surface area contributed by atoms with Gasteiger partial charge in [0.25, 0.3) is 0 Å². The molecule has 1 heterocycles. The highest BCUT2D eigenvalue weighted by atomic mass is 32.2. The van der Waals surface area contributed by atoms with Gasteiger partial charge in [0.1, 0.15) is 6.61 Å². The lowest BCUT2D eigenvalue weighted by molar-refractivity contribution is 0.283. The number of hydrogen-bond acceptors (Lipinski definition) is 5. The molecule has 32 heavy (non-hydrogen) atoms. The Labute approximate surface area is 189 Å². The van der Waals surface area contributed by atoms with Gasteiger partial charge in [-0.1, -0.05) is 54.6 Å². The van der Waals surface area contributed by atoms with Crippen molar-refractivity contribution in [2.45, 2.75) is 24.0 Å². The van der Waals surface area contributed by atoms with Crippen LogP contribution in [0.1, 0.15) is 28.3 Å². The fraction of sp³-hybridized carbons (Fsp3) is 0.231. The lowest BCUT2D eigenvalue weighted by Gasteiger charge is -2.26. The molecule has 0 bridgehead atoms. The number of ether oxygens (including phenoxy) is 2. The van der Waals surface area contributed by atoms with E-state index in [1.54, 1.807) is 19.2 Å². The Kier molecular flexibility index (Phi) is 6.63. The van der Waals surface area contributed by atoms with Crippen LogP contribution in [0.5, 0.6) is 11.5 Å². The van der Waals surface area contributed by atoms with Crippen LogP contribution in [0.15, 0.2) is 77.7 Å². The molecule has 4 rings (SSSR count). The summed E-state index contributed by atoms with van der Waals surface area (Å²) in [6.07, 6.45) is 6.23. The van der Waals surface area contributed by atoms with E-state index < -0.39 is 9.84 Å². The molecule has 3 aromatic carbocycles. The lowest BCUT2D eigenvalue weighted by atomic mass is 9.93. The van der Waals surface area contributed by atoms with Crippen LogP contribution in [-0.2, 0) is 22.9 Å². The fourth-order valence-corrected chi connectivity index (χ4v) is 4.44. The zero-order chi connectivity index (χ0) is 22.6. The van der Waals surface area contributed by atoms with Crippen LogP contribution in [0.4, 0.5) is 0 Å². The van der Waals surface area contributed by atoms with Gasteiger partial charge in [-0.25, -0.2) is 8.42 Å². The zero-order valence-corrected chi connectivity index (χ0v) is 19.1. The zero-order valence-electron chi connectivity index (χ0n) is 18.2. The van der Waals surface area contributed by atoms with E-state index in [4.69, 9.17) is 9.47 Å². The van der Waals surface area contributed by atoms with E-state index in [2.05, 4.69) is 17.5 Å². The maximum absolute atomic E-state index is 11.7. The SMILES string of the molecule is COc1cc2c(cc1OCc1ccccc1)CCNC2C=Cc1ccc(S(C)(=O)=O)cc1. The number of benzene rings is 3. The van der Waals surface area contributed by atoms with Gasteiger partial charge < -0.3 is 14.8 Å². The van der Waals surface area contributed by atoms with Gasteiger partial charge in [0, 0.05) is 12.8 Å². The summed E-state index contributed by atoms with van der Waals surface area (Å²) in [6, 6.07) is 21.1. The monoisotopic (exact) mass is 449 g/mol. The first-order valence-corrected chi connectivity index (χ1v) is 12.4. The van der Waals surface area contributed by atoms with Crippen LogP contribution in [-0.4, -0.2) is 28.3 Å². The molecule has 6 heteroatoms. The Morgan fingerprint density at radius 3 is 2.47 bits per heavy atom. The van der Waals surface area contributed by atoms with Crippen LogP contribution < -0.4 is 14.8 Å². The van der Waals surface area contributed by atoms with E-state index in [0.717, 1.165) is 35.4 Å². The first-order valence-electron chi connectivity index (χ1n) is 10.5. The van der Waals surface area contributed by atoms with Gasteiger partial charge in [0.05, 0.1) is 18.0 Å². The molecule has 0 fully saturated rings. The minimum Gasteiger partial charge on any atom is -0.493 e. The van der Waals surface area contributed by atoms with Crippen LogP contribution in [0.2, 0.25) is 0 Å². The molecule has 0 amide bonds. The van der Waals surface area contributed by atoms with Crippen LogP contribution in [0.3, 0.4) is 0 Å². The van der Waals surface area contributed by atoms with Crippen molar-refractivity contribution < 1.29 is 17.9 Å². The molecule has 1 aliphatic heterocycles. The number of fused-ring (bicyclic) bond motifs is 1. The molecule has 0 saturated heterocycles. The summed E-state index contributed by atoms with van der Waals surface area (Å²) in [7, 11) is -1.54. The average Bonchev–Trinajstić information content (AvgIpc) is 2.81. The second-order valence-electron chi connectivity index (χ2n) is 7.86. The highest BCUT2D eigenvalue weighted by Gasteiger charge is 2.21. The first-order chi connectivity index (χ1) is 15.4. The lowest BCUT2D eigenvalue weighted by Crippen LogP contribution is -2.28. The first kappa shape index (κ1) is 22.1. The molecular weight excluding hydrogens is 422 g/mol. The third kappa shape index (κ3) is 5.21. The normalized spacial score (nSPS) is 16.0. The Hall–Kier alpha value is -3.09. The van der Waals surface area contributed by atoms with Crippen molar-refractivity contribution in [2.75, 3.05) is 19.9 Å². The van der Waals surface area contributed by atoms with Crippen molar-refractivity contribution in [1.29, 1.82) is 0 Å². The number of hydrogen-bond donors (Lipinski definition) is 1. The molecule has 5 nitrogen and oxygen atoms in total. The topological polar surface area (TPSA) is 64.6 Å². The van der Waals surface area contributed by atoms with Crippen LogP contribution >= 0.6 is 0 Å². The Bertz CT molecular complexity index is 1200. The fourth-order valence-electron chi connectivity index (χ4n) is 3.81. The van der Waals surface area contributed by atoms with Crippen molar-refractivity contribution in [3.05, 3.63) is 95.1 Å². The molecule has 1 atom stereocenters. The summed E-state index contributed by atoms with van der Waals surface area (Å²) in [5.41, 5.74) is 4.44. The maximum Gasteiger partial charge on any atom is 0.175 e. The highest BCUT2D eigenvalue weighted by molar-refractivity contribution is 7.90. The minimum atomic E-state index is -3.19. The van der Waals surface area contributed by atoms with Gasteiger partial charge in [-0.3, -0.25) is 0 Å². The molecule has 0 spiro atoms. The minimum absolute atomic E-state index is 0.0328. The third-order valence-corrected chi connectivity index (χ3v) is 6.67. The second kappa shape index (κ2) is 9.59. The van der Waals surface area contributed by atoms with E-state index in [0.29, 0.717) is 17.3 Å². The molecule has 3 aromatic rings. The van der Waals surface area contributed by atoms with E-state index in [9.17, 15) is 8.42 Å². The number of sulfone groups is 1. The number of rotatable bonds is 7. The summed E-state index contributed by atoms with van der Waals surface area (Å²) in [5.74, 6) is 1.45. The standard InChI is InChI=1S/C26H27NO4S/c1-30-25-17-23-21(16-26(25)31-18-20-6-4-3-5-7-20)14-15-27-24(23)13-10-19-8-11-22(12-9-19)32(2,28)29/h3-13,16-17,24,27H,14-15,18H2,1-2H3. The predicted octanol–water partition coefficient (Wildman–Crippen LogP) is 4.58. The molecule has 0 aromatic heterocycles.